The van der Waals surface area contributed by atoms with Gasteiger partial charge in [-0.25, -0.2) is 8.42 Å². The molecule has 0 spiro atoms. The molecule has 3 N–H and O–H groups in total. The van der Waals surface area contributed by atoms with E-state index in [-0.39, 0.29) is 4.90 Å². The van der Waals surface area contributed by atoms with Crippen molar-refractivity contribution in [3.05, 3.63) is 52.2 Å². The summed E-state index contributed by atoms with van der Waals surface area (Å²) >= 11 is 0. The molecule has 0 fully saturated rings. The molecule has 0 aliphatic carbocycles. The lowest BCUT2D eigenvalue weighted by molar-refractivity contribution is -0.389. The molecular formula is C12H12N4O4S. The summed E-state index contributed by atoms with van der Waals surface area (Å²) < 4.78 is 26.7. The lowest BCUT2D eigenvalue weighted by Gasteiger charge is -2.10. The zero-order chi connectivity index (χ0) is 15.6. The monoisotopic (exact) mass is 308 g/mol. The summed E-state index contributed by atoms with van der Waals surface area (Å²) in [4.78, 5) is 13.1. The maximum absolute atomic E-state index is 12.2. The van der Waals surface area contributed by atoms with Crippen LogP contribution >= 0.6 is 0 Å². The van der Waals surface area contributed by atoms with E-state index >= 15 is 0 Å². The molecule has 0 radical (unpaired) electrons. The molecule has 2 rings (SSSR count). The van der Waals surface area contributed by atoms with Crippen LogP contribution in [-0.2, 0) is 10.0 Å². The number of benzene rings is 1. The van der Waals surface area contributed by atoms with E-state index in [9.17, 15) is 18.5 Å². The van der Waals surface area contributed by atoms with E-state index < -0.39 is 20.8 Å². The van der Waals surface area contributed by atoms with Gasteiger partial charge in [-0.05, 0) is 40.6 Å². The Labute approximate surface area is 120 Å². The van der Waals surface area contributed by atoms with Crippen molar-refractivity contribution in [2.45, 2.75) is 11.8 Å². The van der Waals surface area contributed by atoms with Gasteiger partial charge in [-0.2, -0.15) is 0 Å². The number of nitro groups is 1. The number of hydrogen-bond acceptors (Lipinski definition) is 6. The van der Waals surface area contributed by atoms with Gasteiger partial charge in [0.2, 0.25) is 0 Å². The van der Waals surface area contributed by atoms with Crippen molar-refractivity contribution in [1.29, 1.82) is 0 Å². The Hall–Kier alpha value is -2.68. The van der Waals surface area contributed by atoms with E-state index in [0.717, 1.165) is 18.3 Å². The summed E-state index contributed by atoms with van der Waals surface area (Å²) in [5.41, 5.74) is 7.07. The third-order valence-electron chi connectivity index (χ3n) is 2.72. The van der Waals surface area contributed by atoms with Crippen molar-refractivity contribution in [2.24, 2.45) is 0 Å². The molecule has 110 valence electrons. The summed E-state index contributed by atoms with van der Waals surface area (Å²) in [5, 5.41) is 10.5. The Morgan fingerprint density at radius 3 is 2.57 bits per heavy atom. The van der Waals surface area contributed by atoms with Gasteiger partial charge in [0.05, 0.1) is 5.69 Å². The highest BCUT2D eigenvalue weighted by molar-refractivity contribution is 7.92. The first-order chi connectivity index (χ1) is 9.79. The number of nitrogens with zero attached hydrogens (tertiary/aromatic N) is 2. The number of pyridine rings is 1. The van der Waals surface area contributed by atoms with Crippen LogP contribution in [-0.4, -0.2) is 18.3 Å². The predicted octanol–water partition coefficient (Wildman–Crippen LogP) is 1.68. The summed E-state index contributed by atoms with van der Waals surface area (Å²) in [6, 6.07) is 6.98. The van der Waals surface area contributed by atoms with Gasteiger partial charge in [0.25, 0.3) is 10.0 Å². The number of aryl methyl sites for hydroxylation is 1. The van der Waals surface area contributed by atoms with Crippen LogP contribution in [0.3, 0.4) is 0 Å². The zero-order valence-electron chi connectivity index (χ0n) is 11.0. The normalized spacial score (nSPS) is 11.1. The van der Waals surface area contributed by atoms with Gasteiger partial charge in [-0.3, -0.25) is 4.72 Å². The molecule has 0 aliphatic heterocycles. The van der Waals surface area contributed by atoms with Gasteiger partial charge in [0.15, 0.2) is 6.20 Å². The van der Waals surface area contributed by atoms with E-state index in [1.165, 1.54) is 6.07 Å². The van der Waals surface area contributed by atoms with E-state index in [0.29, 0.717) is 16.9 Å². The first-order valence-electron chi connectivity index (χ1n) is 5.79. The Morgan fingerprint density at radius 1 is 1.29 bits per heavy atom. The summed E-state index contributed by atoms with van der Waals surface area (Å²) in [5.74, 6) is -0.422. The molecular weight excluding hydrogens is 296 g/mol. The maximum Gasteiger partial charge on any atom is 0.363 e. The first-order valence-corrected chi connectivity index (χ1v) is 7.27. The molecule has 21 heavy (non-hydrogen) atoms. The van der Waals surface area contributed by atoms with Crippen LogP contribution in [0.2, 0.25) is 0 Å². The number of nitrogen functional groups attached to an aromatic ring is 1. The highest BCUT2D eigenvalue weighted by atomic mass is 32.2. The van der Waals surface area contributed by atoms with Gasteiger partial charge >= 0.3 is 5.82 Å². The van der Waals surface area contributed by atoms with Gasteiger partial charge in [0.1, 0.15) is 4.90 Å². The summed E-state index contributed by atoms with van der Waals surface area (Å²) in [7, 11) is -3.89. The van der Waals surface area contributed by atoms with Crippen LogP contribution < -0.4 is 10.5 Å². The van der Waals surface area contributed by atoms with Crippen molar-refractivity contribution in [3.8, 4) is 0 Å². The van der Waals surface area contributed by atoms with Crippen LogP contribution in [0.15, 0.2) is 41.4 Å². The first kappa shape index (κ1) is 14.7. The van der Waals surface area contributed by atoms with Crippen molar-refractivity contribution >= 4 is 27.2 Å². The third kappa shape index (κ3) is 3.26. The molecule has 1 aromatic heterocycles. The third-order valence-corrected chi connectivity index (χ3v) is 4.07. The predicted molar refractivity (Wildman–Crippen MR) is 77.3 cm³/mol. The highest BCUT2D eigenvalue weighted by Crippen LogP contribution is 2.22. The van der Waals surface area contributed by atoms with Crippen molar-refractivity contribution in [3.63, 3.8) is 0 Å². The minimum Gasteiger partial charge on any atom is -0.399 e. The molecule has 0 amide bonds. The largest absolute Gasteiger partial charge is 0.399 e. The summed E-state index contributed by atoms with van der Waals surface area (Å²) in [6.45, 7) is 1.73. The molecule has 8 nitrogen and oxygen atoms in total. The second kappa shape index (κ2) is 5.37. The minimum absolute atomic E-state index is 0.171. The van der Waals surface area contributed by atoms with E-state index in [4.69, 9.17) is 5.73 Å². The van der Waals surface area contributed by atoms with Gasteiger partial charge in [-0.1, -0.05) is 6.07 Å². The second-order valence-electron chi connectivity index (χ2n) is 4.29. The molecule has 0 atom stereocenters. The molecule has 0 saturated carbocycles. The molecule has 1 aromatic carbocycles. The molecule has 0 aliphatic rings. The fourth-order valence-corrected chi connectivity index (χ4v) is 2.66. The Balaban J connectivity index is 2.34. The average molecular weight is 308 g/mol. The van der Waals surface area contributed by atoms with Crippen molar-refractivity contribution < 1.29 is 13.3 Å². The van der Waals surface area contributed by atoms with Crippen LogP contribution in [0.1, 0.15) is 5.56 Å². The summed E-state index contributed by atoms with van der Waals surface area (Å²) in [6.07, 6.45) is 0.933. The van der Waals surface area contributed by atoms with Crippen molar-refractivity contribution in [1.82, 2.24) is 4.98 Å². The van der Waals surface area contributed by atoms with E-state index in [1.54, 1.807) is 19.1 Å². The number of nitrogens with two attached hydrogens (primary N) is 1. The number of nitrogens with one attached hydrogen (secondary N) is 1. The van der Waals surface area contributed by atoms with E-state index in [2.05, 4.69) is 9.71 Å². The minimum atomic E-state index is -3.89. The highest BCUT2D eigenvalue weighted by Gasteiger charge is 2.19. The molecule has 1 heterocycles. The zero-order valence-corrected chi connectivity index (χ0v) is 11.8. The Morgan fingerprint density at radius 2 is 2.00 bits per heavy atom. The SMILES string of the molecule is Cc1ccc(N)cc1NS(=O)(=O)c1ccc([N+](=O)[O-])nc1. The molecule has 0 saturated heterocycles. The van der Waals surface area contributed by atoms with Crippen LogP contribution in [0.4, 0.5) is 17.2 Å². The number of sulfonamides is 1. The topological polar surface area (TPSA) is 128 Å². The Bertz CT molecular complexity index is 787. The van der Waals surface area contributed by atoms with Crippen molar-refractivity contribution in [2.75, 3.05) is 10.5 Å². The van der Waals surface area contributed by atoms with Crippen LogP contribution in [0, 0.1) is 17.0 Å². The maximum atomic E-state index is 12.2. The molecule has 0 unspecified atom stereocenters. The van der Waals surface area contributed by atoms with E-state index in [1.807, 2.05) is 0 Å². The Kier molecular flexibility index (Phi) is 3.76. The lowest BCUT2D eigenvalue weighted by atomic mass is 10.2. The smallest absolute Gasteiger partial charge is 0.363 e. The van der Waals surface area contributed by atoms with Crippen LogP contribution in [0.25, 0.3) is 0 Å². The average Bonchev–Trinajstić information content (AvgIpc) is 2.43. The lowest BCUT2D eigenvalue weighted by Crippen LogP contribution is -2.14. The van der Waals surface area contributed by atoms with Gasteiger partial charge in [0, 0.05) is 11.8 Å². The second-order valence-corrected chi connectivity index (χ2v) is 5.97. The number of anilines is 2. The number of rotatable bonds is 4. The van der Waals surface area contributed by atoms with Gasteiger partial charge in [-0.15, -0.1) is 0 Å². The fourth-order valence-electron chi connectivity index (χ4n) is 1.59. The van der Waals surface area contributed by atoms with Gasteiger partial charge < -0.3 is 15.8 Å². The molecule has 9 heteroatoms. The molecule has 2 aromatic rings. The fraction of sp³-hybridized carbons (Fsp3) is 0.0833. The van der Waals surface area contributed by atoms with Crippen LogP contribution in [0.5, 0.6) is 0 Å². The number of aromatic nitrogens is 1. The number of hydrogen-bond donors (Lipinski definition) is 2. The standard InChI is InChI=1S/C12H12N4O4S/c1-8-2-3-9(13)6-11(8)15-21(19,20)10-4-5-12(14-7-10)16(17)18/h2-7,15H,13H2,1H3. The quantitative estimate of drug-likeness (QED) is 0.502. The molecule has 0 bridgehead atoms.